The van der Waals surface area contributed by atoms with Crippen LogP contribution in [-0.2, 0) is 15.9 Å². The first-order valence-corrected chi connectivity index (χ1v) is 15.6. The van der Waals surface area contributed by atoms with Crippen LogP contribution in [0.4, 0.5) is 0 Å². The third kappa shape index (κ3) is 3.85. The first kappa shape index (κ1) is 26.1. The minimum Gasteiger partial charge on any atom is -0.481 e. The largest absolute Gasteiger partial charge is 0.481 e. The summed E-state index contributed by atoms with van der Waals surface area (Å²) in [5, 5.41) is 35.4. The number of rotatable bonds is 9. The van der Waals surface area contributed by atoms with Crippen molar-refractivity contribution >= 4 is 28.6 Å². The molecule has 4 aromatic rings. The predicted molar refractivity (Wildman–Crippen MR) is 150 cm³/mol. The second-order valence-corrected chi connectivity index (χ2v) is 12.3. The molecule has 4 atom stereocenters. The molecule has 0 amide bonds. The number of carboxylic acids is 1. The second-order valence-electron chi connectivity index (χ2n) is 10.7. The normalized spacial score (nSPS) is 27.1. The molecule has 0 spiro atoms. The molecule has 3 fully saturated rings. The summed E-state index contributed by atoms with van der Waals surface area (Å²) in [6, 6.07) is 8.09. The zero-order valence-electron chi connectivity index (χ0n) is 21.9. The molecule has 0 bridgehead atoms. The van der Waals surface area contributed by atoms with E-state index in [9.17, 15) is 9.90 Å². The maximum atomic E-state index is 13.4. The minimum absolute atomic E-state index is 0.311. The van der Waals surface area contributed by atoms with E-state index in [0.29, 0.717) is 0 Å². The number of nitrogens with one attached hydrogen (secondary N) is 2. The van der Waals surface area contributed by atoms with E-state index >= 15 is 0 Å². The van der Waals surface area contributed by atoms with Crippen LogP contribution in [0.1, 0.15) is 22.5 Å². The highest BCUT2D eigenvalue weighted by atomic mass is 32.1. The van der Waals surface area contributed by atoms with Gasteiger partial charge in [0.25, 0.3) is 0 Å². The van der Waals surface area contributed by atoms with Crippen LogP contribution in [0.3, 0.4) is 0 Å². The number of hydrogen-bond acceptors (Lipinski definition) is 11. The lowest BCUT2D eigenvalue weighted by Gasteiger charge is -2.49. The number of carboxylic acid groups (broad SMARTS) is 1. The Hall–Kier alpha value is -2.87. The fourth-order valence-electron chi connectivity index (χ4n) is 7.61. The molecule has 2 saturated heterocycles. The van der Waals surface area contributed by atoms with E-state index in [1.807, 2.05) is 12.1 Å². The van der Waals surface area contributed by atoms with E-state index in [1.165, 1.54) is 0 Å². The highest BCUT2D eigenvalue weighted by Gasteiger charge is 2.75. The number of hydrogen-bond donors (Lipinski definition) is 3. The third-order valence-electron chi connectivity index (χ3n) is 9.08. The monoisotopic (exact) mass is 580 g/mol. The van der Waals surface area contributed by atoms with Crippen molar-refractivity contribution < 1.29 is 18.9 Å². The Morgan fingerprint density at radius 2 is 1.25 bits per heavy atom. The molecular weight excluding hydrogens is 548 g/mol. The molecule has 0 radical (unpaired) electrons. The van der Waals surface area contributed by atoms with Crippen molar-refractivity contribution in [1.82, 2.24) is 30.7 Å². The molecule has 4 aromatic heterocycles. The number of nitrogens with zero attached hydrogens (tertiary/aromatic N) is 4. The first-order chi connectivity index (χ1) is 19.7. The first-order valence-electron chi connectivity index (χ1n) is 13.7. The van der Waals surface area contributed by atoms with E-state index in [4.69, 9.17) is 9.05 Å². The molecule has 3 aliphatic rings. The molecule has 10 nitrogen and oxygen atoms in total. The fourth-order valence-corrected chi connectivity index (χ4v) is 9.02. The summed E-state index contributed by atoms with van der Waals surface area (Å²) in [7, 11) is 0. The van der Waals surface area contributed by atoms with Crippen LogP contribution in [0.15, 0.2) is 67.4 Å². The Bertz CT molecular complexity index is 1210. The smallest absolute Gasteiger partial charge is 0.307 e. The molecule has 2 unspecified atom stereocenters. The van der Waals surface area contributed by atoms with Crippen molar-refractivity contribution in [3.8, 4) is 0 Å². The van der Waals surface area contributed by atoms with Gasteiger partial charge in [0.05, 0.1) is 17.0 Å². The van der Waals surface area contributed by atoms with E-state index < -0.39 is 23.0 Å². The zero-order chi connectivity index (χ0) is 27.2. The van der Waals surface area contributed by atoms with Gasteiger partial charge in [-0.2, -0.15) is 22.7 Å². The topological polar surface area (TPSA) is 120 Å². The van der Waals surface area contributed by atoms with Gasteiger partial charge in [-0.15, -0.1) is 0 Å². The average molecular weight is 581 g/mol. The van der Waals surface area contributed by atoms with Crippen LogP contribution in [0.25, 0.3) is 0 Å². The van der Waals surface area contributed by atoms with Gasteiger partial charge in [0.2, 0.25) is 0 Å². The van der Waals surface area contributed by atoms with Crippen molar-refractivity contribution in [3.05, 3.63) is 80.8 Å². The molecule has 1 aliphatic carbocycles. The standard InChI is InChI=1S/C28H32N6O4S2/c35-26(36)23-24(27(19-3-15-39-17-19,21-1-13-37-31-21)33-9-5-29-6-10-33)25(23)28(20-4-16-40-18-20,22-2-14-38-32-22)34-11-7-30-8-12-34/h1-4,13-18,23-25,29-30H,5-12H2,(H,35,36)/t23?,24?,25?,27-,28-/m1/s1. The average Bonchev–Trinajstić information content (AvgIpc) is 3.68. The second kappa shape index (κ2) is 10.5. The summed E-state index contributed by atoms with van der Waals surface area (Å²) in [5.74, 6) is -2.08. The highest BCUT2D eigenvalue weighted by Crippen LogP contribution is 2.69. The molecule has 1 saturated carbocycles. The molecule has 0 aromatic carbocycles. The molecule has 7 rings (SSSR count). The Balaban J connectivity index is 1.50. The van der Waals surface area contributed by atoms with Crippen molar-refractivity contribution in [3.63, 3.8) is 0 Å². The van der Waals surface area contributed by atoms with E-state index in [2.05, 4.69) is 64.4 Å². The summed E-state index contributed by atoms with van der Waals surface area (Å²) >= 11 is 3.24. The van der Waals surface area contributed by atoms with Crippen molar-refractivity contribution in [2.24, 2.45) is 17.8 Å². The fraction of sp³-hybridized carbons (Fsp3) is 0.464. The predicted octanol–water partition coefficient (Wildman–Crippen LogP) is 2.73. The van der Waals surface area contributed by atoms with Crippen molar-refractivity contribution in [1.29, 1.82) is 0 Å². The van der Waals surface area contributed by atoms with Crippen molar-refractivity contribution in [2.75, 3.05) is 52.4 Å². The maximum Gasteiger partial charge on any atom is 0.307 e. The number of aromatic nitrogens is 2. The lowest BCUT2D eigenvalue weighted by atomic mass is 9.74. The number of aliphatic carboxylic acids is 1. The third-order valence-corrected chi connectivity index (χ3v) is 10.4. The van der Waals surface area contributed by atoms with Crippen LogP contribution in [0, 0.1) is 17.8 Å². The van der Waals surface area contributed by atoms with Crippen LogP contribution in [0.2, 0.25) is 0 Å². The number of piperazine rings is 2. The quantitative estimate of drug-likeness (QED) is 0.273. The van der Waals surface area contributed by atoms with E-state index in [1.54, 1.807) is 35.2 Å². The molecule has 40 heavy (non-hydrogen) atoms. The number of thiophene rings is 2. The lowest BCUT2D eigenvalue weighted by Crippen LogP contribution is -2.59. The van der Waals surface area contributed by atoms with E-state index in [-0.39, 0.29) is 11.8 Å². The van der Waals surface area contributed by atoms with Crippen LogP contribution in [-0.4, -0.2) is 83.5 Å². The summed E-state index contributed by atoms with van der Waals surface area (Å²) in [4.78, 5) is 18.2. The minimum atomic E-state index is -0.800. The highest BCUT2D eigenvalue weighted by molar-refractivity contribution is 7.08. The molecule has 6 heterocycles. The Labute approximate surface area is 239 Å². The van der Waals surface area contributed by atoms with Gasteiger partial charge in [0, 0.05) is 76.3 Å². The van der Waals surface area contributed by atoms with Gasteiger partial charge in [-0.25, -0.2) is 0 Å². The van der Waals surface area contributed by atoms with Gasteiger partial charge in [-0.1, -0.05) is 10.3 Å². The van der Waals surface area contributed by atoms with Crippen LogP contribution < -0.4 is 10.6 Å². The Morgan fingerprint density at radius 1 is 0.800 bits per heavy atom. The maximum absolute atomic E-state index is 13.4. The molecular formula is C28H32N6O4S2. The van der Waals surface area contributed by atoms with E-state index in [0.717, 1.165) is 74.9 Å². The SMILES string of the molecule is O=C(O)C1C([C@@](c2ccsc2)(c2ccon2)N2CCNCC2)C1[C@@](c1ccsc1)(c1ccon1)N1CCNCC1. The van der Waals surface area contributed by atoms with Gasteiger partial charge < -0.3 is 24.8 Å². The molecule has 3 N–H and O–H groups in total. The van der Waals surface area contributed by atoms with Crippen molar-refractivity contribution in [2.45, 2.75) is 11.1 Å². The van der Waals surface area contributed by atoms with Gasteiger partial charge in [0.15, 0.2) is 0 Å². The van der Waals surface area contributed by atoms with Gasteiger partial charge in [0.1, 0.15) is 23.9 Å². The summed E-state index contributed by atoms with van der Waals surface area (Å²) in [6.07, 6.45) is 3.21. The molecule has 210 valence electrons. The van der Waals surface area contributed by atoms with Gasteiger partial charge >= 0.3 is 5.97 Å². The summed E-state index contributed by atoms with van der Waals surface area (Å²) in [6.45, 7) is 6.32. The lowest BCUT2D eigenvalue weighted by molar-refractivity contribution is -0.140. The Morgan fingerprint density at radius 3 is 1.57 bits per heavy atom. The molecule has 12 heteroatoms. The summed E-state index contributed by atoms with van der Waals surface area (Å²) in [5.41, 5.74) is 2.06. The molecule has 2 aliphatic heterocycles. The van der Waals surface area contributed by atoms with Crippen LogP contribution in [0.5, 0.6) is 0 Å². The van der Waals surface area contributed by atoms with Gasteiger partial charge in [-0.05, 0) is 44.8 Å². The van der Waals surface area contributed by atoms with Crippen LogP contribution >= 0.6 is 22.7 Å². The number of carbonyl (C=O) groups is 1. The zero-order valence-corrected chi connectivity index (χ0v) is 23.6. The Kier molecular flexibility index (Phi) is 6.85. The van der Waals surface area contributed by atoms with Gasteiger partial charge in [-0.3, -0.25) is 14.6 Å². The summed E-state index contributed by atoms with van der Waals surface area (Å²) < 4.78 is 11.0.